The topological polar surface area (TPSA) is 6.48 Å². The third kappa shape index (κ3) is 7.12. The van der Waals surface area contributed by atoms with E-state index in [2.05, 4.69) is 219 Å². The molecule has 0 spiro atoms. The van der Waals surface area contributed by atoms with Gasteiger partial charge in [-0.2, -0.15) is 0 Å². The maximum absolute atomic E-state index is 2.46. The molecule has 2 heteroatoms. The van der Waals surface area contributed by atoms with Gasteiger partial charge in [0.1, 0.15) is 0 Å². The molecule has 8 aromatic carbocycles. The largest absolute Gasteiger partial charge is 0.311 e. The summed E-state index contributed by atoms with van der Waals surface area (Å²) in [5.74, 6) is 1.43. The Kier molecular flexibility index (Phi) is 10.5. The average molecular weight is 833 g/mol. The number of hydrogen-bond acceptors (Lipinski definition) is 2. The van der Waals surface area contributed by atoms with Gasteiger partial charge in [0.05, 0.1) is 0 Å². The van der Waals surface area contributed by atoms with Crippen molar-refractivity contribution < 1.29 is 0 Å². The van der Waals surface area contributed by atoms with E-state index in [1.54, 1.807) is 0 Å². The minimum absolute atomic E-state index is 0.0491. The Morgan fingerprint density at radius 2 is 0.938 bits per heavy atom. The van der Waals surface area contributed by atoms with Crippen LogP contribution in [-0.2, 0) is 10.8 Å². The fraction of sp³-hybridized carbons (Fsp3) is 0.258. The van der Waals surface area contributed by atoms with Crippen molar-refractivity contribution in [2.75, 3.05) is 9.80 Å². The molecule has 2 saturated carbocycles. The van der Waals surface area contributed by atoms with E-state index in [-0.39, 0.29) is 10.8 Å². The highest BCUT2D eigenvalue weighted by Gasteiger charge is 2.39. The van der Waals surface area contributed by atoms with Crippen LogP contribution in [0.4, 0.5) is 34.1 Å². The van der Waals surface area contributed by atoms with Gasteiger partial charge in [0.2, 0.25) is 0 Å². The SMILES string of the molecule is CC1CCC(c2ccc(N(c3ccccc3)c3ccc(C4CCCCC4)cc3)cc2)(c2ccc(N(c3ccccc3)c3ccc4c(c3)C(C)(C)c3ccc5ccccc5c3-4)cc2)CC1. The van der Waals surface area contributed by atoms with Crippen molar-refractivity contribution >= 4 is 44.9 Å². The Hall–Kier alpha value is -6.38. The first-order valence-corrected chi connectivity index (χ1v) is 24.1. The summed E-state index contributed by atoms with van der Waals surface area (Å²) < 4.78 is 0. The first-order chi connectivity index (χ1) is 31.4. The van der Waals surface area contributed by atoms with Gasteiger partial charge >= 0.3 is 0 Å². The summed E-state index contributed by atoms with van der Waals surface area (Å²) in [7, 11) is 0. The lowest BCUT2D eigenvalue weighted by atomic mass is 9.63. The lowest BCUT2D eigenvalue weighted by Crippen LogP contribution is -2.32. The summed E-state index contributed by atoms with van der Waals surface area (Å²) in [6.45, 7) is 7.22. The molecule has 3 aliphatic rings. The number of rotatable bonds is 9. The third-order valence-electron chi connectivity index (χ3n) is 15.5. The van der Waals surface area contributed by atoms with Gasteiger partial charge in [-0.3, -0.25) is 0 Å². The zero-order valence-corrected chi connectivity index (χ0v) is 37.8. The molecule has 3 aliphatic carbocycles. The molecule has 0 unspecified atom stereocenters. The fourth-order valence-corrected chi connectivity index (χ4v) is 11.9. The Bertz CT molecular complexity index is 2880. The average Bonchev–Trinajstić information content (AvgIpc) is 3.59. The highest BCUT2D eigenvalue weighted by Crippen LogP contribution is 2.54. The highest BCUT2D eigenvalue weighted by atomic mass is 15.1. The summed E-state index contributed by atoms with van der Waals surface area (Å²) >= 11 is 0. The van der Waals surface area contributed by atoms with Crippen LogP contribution in [0.1, 0.15) is 112 Å². The first kappa shape index (κ1) is 40.4. The van der Waals surface area contributed by atoms with Gasteiger partial charge in [-0.15, -0.1) is 0 Å². The van der Waals surface area contributed by atoms with E-state index in [0.717, 1.165) is 24.4 Å². The molecule has 0 aliphatic heterocycles. The number of nitrogens with zero attached hydrogens (tertiary/aromatic N) is 2. The number of hydrogen-bond donors (Lipinski definition) is 0. The standard InChI is InChI=1S/C62H60N2/c1-44-39-41-62(42-40-44,48-26-32-53(33-27-48)63(50-18-9-5-10-19-50)52-30-23-46(24-31-52)45-15-7-4-8-16-45)49-28-34-54(35-29-49)64(51-20-11-6-12-21-51)55-36-37-57-59(43-55)61(2,3)58-38-25-47-17-13-14-22-56(47)60(57)58/h5-6,9-14,17-38,43-45H,4,7-8,15-16,39-42H2,1-3H3. The molecule has 2 fully saturated rings. The lowest BCUT2D eigenvalue weighted by molar-refractivity contribution is 0.280. The van der Waals surface area contributed by atoms with Crippen LogP contribution in [0.25, 0.3) is 21.9 Å². The van der Waals surface area contributed by atoms with Gasteiger partial charge in [-0.05, 0) is 173 Å². The molecule has 0 heterocycles. The molecule has 11 rings (SSSR count). The van der Waals surface area contributed by atoms with Gasteiger partial charge < -0.3 is 9.80 Å². The predicted molar refractivity (Wildman–Crippen MR) is 272 cm³/mol. The summed E-state index contributed by atoms with van der Waals surface area (Å²) in [5, 5.41) is 2.63. The van der Waals surface area contributed by atoms with Crippen molar-refractivity contribution in [3.05, 3.63) is 216 Å². The van der Waals surface area contributed by atoms with Crippen LogP contribution in [0.5, 0.6) is 0 Å². The smallest absolute Gasteiger partial charge is 0.0465 e. The Balaban J connectivity index is 0.942. The molecule has 64 heavy (non-hydrogen) atoms. The minimum Gasteiger partial charge on any atom is -0.311 e. The normalized spacial score (nSPS) is 19.2. The van der Waals surface area contributed by atoms with Crippen LogP contribution in [0.15, 0.2) is 188 Å². The van der Waals surface area contributed by atoms with E-state index < -0.39 is 0 Å². The number of benzene rings is 8. The maximum atomic E-state index is 2.46. The molecule has 8 aromatic rings. The van der Waals surface area contributed by atoms with Crippen LogP contribution in [0.3, 0.4) is 0 Å². The van der Waals surface area contributed by atoms with Crippen molar-refractivity contribution in [3.8, 4) is 11.1 Å². The highest BCUT2D eigenvalue weighted by molar-refractivity contribution is 6.03. The second-order valence-electron chi connectivity index (χ2n) is 19.7. The molecule has 0 amide bonds. The minimum atomic E-state index is -0.117. The van der Waals surface area contributed by atoms with E-state index in [1.807, 2.05) is 0 Å². The van der Waals surface area contributed by atoms with Crippen molar-refractivity contribution in [2.24, 2.45) is 5.92 Å². The second kappa shape index (κ2) is 16.6. The van der Waals surface area contributed by atoms with Crippen molar-refractivity contribution in [3.63, 3.8) is 0 Å². The number of para-hydroxylation sites is 2. The quantitative estimate of drug-likeness (QED) is 0.143. The molecule has 0 saturated heterocycles. The Labute approximate surface area is 381 Å². The monoisotopic (exact) mass is 832 g/mol. The van der Waals surface area contributed by atoms with Crippen LogP contribution < -0.4 is 9.80 Å². The summed E-state index contributed by atoms with van der Waals surface area (Å²) in [4.78, 5) is 4.88. The summed E-state index contributed by atoms with van der Waals surface area (Å²) in [6, 6.07) is 71.2. The first-order valence-electron chi connectivity index (χ1n) is 24.1. The maximum Gasteiger partial charge on any atom is 0.0465 e. The molecule has 0 N–H and O–H groups in total. The number of anilines is 6. The van der Waals surface area contributed by atoms with Crippen LogP contribution >= 0.6 is 0 Å². The van der Waals surface area contributed by atoms with Crippen molar-refractivity contribution in [2.45, 2.75) is 95.3 Å². The van der Waals surface area contributed by atoms with E-state index in [9.17, 15) is 0 Å². The van der Waals surface area contributed by atoms with Gasteiger partial charge in [0, 0.05) is 45.0 Å². The molecular weight excluding hydrogens is 773 g/mol. The molecule has 0 aromatic heterocycles. The Morgan fingerprint density at radius 1 is 0.438 bits per heavy atom. The van der Waals surface area contributed by atoms with Gasteiger partial charge in [-0.25, -0.2) is 0 Å². The van der Waals surface area contributed by atoms with Crippen LogP contribution in [-0.4, -0.2) is 0 Å². The third-order valence-corrected chi connectivity index (χ3v) is 15.5. The zero-order valence-electron chi connectivity index (χ0n) is 37.8. The van der Waals surface area contributed by atoms with E-state index >= 15 is 0 Å². The van der Waals surface area contributed by atoms with E-state index in [4.69, 9.17) is 0 Å². The lowest BCUT2D eigenvalue weighted by Gasteiger charge is -2.41. The fourth-order valence-electron chi connectivity index (χ4n) is 11.9. The zero-order chi connectivity index (χ0) is 43.3. The van der Waals surface area contributed by atoms with Crippen LogP contribution in [0.2, 0.25) is 0 Å². The molecule has 2 nitrogen and oxygen atoms in total. The Morgan fingerprint density at radius 3 is 1.53 bits per heavy atom. The molecular formula is C62H60N2. The molecule has 0 radical (unpaired) electrons. The van der Waals surface area contributed by atoms with Crippen molar-refractivity contribution in [1.82, 2.24) is 0 Å². The molecule has 318 valence electrons. The van der Waals surface area contributed by atoms with Gasteiger partial charge in [0.15, 0.2) is 0 Å². The number of fused-ring (bicyclic) bond motifs is 5. The van der Waals surface area contributed by atoms with E-state index in [1.165, 1.54) is 123 Å². The van der Waals surface area contributed by atoms with Crippen LogP contribution in [0, 0.1) is 5.92 Å². The second-order valence-corrected chi connectivity index (χ2v) is 19.7. The summed E-state index contributed by atoms with van der Waals surface area (Å²) in [6.07, 6.45) is 11.5. The van der Waals surface area contributed by atoms with E-state index in [0.29, 0.717) is 5.92 Å². The predicted octanol–water partition coefficient (Wildman–Crippen LogP) is 17.6. The molecule has 0 bridgehead atoms. The summed E-state index contributed by atoms with van der Waals surface area (Å²) in [5.41, 5.74) is 16.8. The van der Waals surface area contributed by atoms with Gasteiger partial charge in [0.25, 0.3) is 0 Å². The van der Waals surface area contributed by atoms with Gasteiger partial charge in [-0.1, -0.05) is 155 Å². The molecule has 0 atom stereocenters. The van der Waals surface area contributed by atoms with Crippen molar-refractivity contribution in [1.29, 1.82) is 0 Å².